The summed E-state index contributed by atoms with van der Waals surface area (Å²) in [6, 6.07) is 0. The molecule has 6 heteroatoms. The fraction of sp³-hybridized carbons (Fsp3) is 0. The highest BCUT2D eigenvalue weighted by molar-refractivity contribution is 4.57. The van der Waals surface area contributed by atoms with Crippen LogP contribution in [0.2, 0.25) is 0 Å². The molecule has 1 heterocycles. The van der Waals surface area contributed by atoms with Crippen LogP contribution in [0, 0.1) is 0 Å². The molecule has 0 saturated heterocycles. The van der Waals surface area contributed by atoms with Gasteiger partial charge in [-0.1, -0.05) is 0 Å². The highest BCUT2D eigenvalue weighted by atomic mass is 16.6. The lowest BCUT2D eigenvalue weighted by atomic mass is 10.9. The first kappa shape index (κ1) is 5.54. The molecule has 1 aromatic rings. The van der Waals surface area contributed by atoms with Gasteiger partial charge in [-0.25, -0.2) is 14.4 Å². The third-order valence-corrected chi connectivity index (χ3v) is 0.579. The Hall–Kier alpha value is -1.59. The number of aromatic nitrogens is 1. The zero-order chi connectivity index (χ0) is 6.85. The van der Waals surface area contributed by atoms with E-state index < -0.39 is 17.0 Å². The lowest BCUT2D eigenvalue weighted by Gasteiger charge is -1.74. The molecule has 0 spiro atoms. The summed E-state index contributed by atoms with van der Waals surface area (Å²) in [5.74, 6) is -1.08. The first-order valence-corrected chi connectivity index (χ1v) is 1.93. The zero-order valence-corrected chi connectivity index (χ0v) is 4.04. The van der Waals surface area contributed by atoms with Crippen LogP contribution in [0.25, 0.3) is 0 Å². The molecule has 0 bridgehead atoms. The minimum absolute atomic E-state index is 1.08. The van der Waals surface area contributed by atoms with Crippen LogP contribution in [-0.4, -0.2) is 5.16 Å². The molecule has 1 N–H and O–H groups in total. The van der Waals surface area contributed by atoms with Gasteiger partial charge >= 0.3 is 17.0 Å². The Kier molecular flexibility index (Phi) is 1.07. The van der Waals surface area contributed by atoms with Crippen molar-refractivity contribution in [2.75, 3.05) is 0 Å². The molecule has 1 rings (SSSR count). The summed E-state index contributed by atoms with van der Waals surface area (Å²) in [6.45, 7) is 0. The van der Waals surface area contributed by atoms with Crippen molar-refractivity contribution in [3.8, 4) is 0 Å². The summed E-state index contributed by atoms with van der Waals surface area (Å²) in [5, 5.41) is 1.53. The van der Waals surface area contributed by atoms with Gasteiger partial charge in [-0.3, -0.25) is 0 Å². The Bertz CT molecular complexity index is 353. The summed E-state index contributed by atoms with van der Waals surface area (Å²) in [7, 11) is 0. The van der Waals surface area contributed by atoms with Crippen LogP contribution >= 0.6 is 0 Å². The Labute approximate surface area is 46.7 Å². The highest BCUT2D eigenvalue weighted by Crippen LogP contribution is 1.45. The molecule has 0 atom stereocenters. The van der Waals surface area contributed by atoms with Crippen molar-refractivity contribution in [1.82, 2.24) is 5.16 Å². The van der Waals surface area contributed by atoms with Gasteiger partial charge in [0.05, 0.1) is 0 Å². The van der Waals surface area contributed by atoms with Crippen molar-refractivity contribution in [2.45, 2.75) is 0 Å². The molecule has 0 amide bonds. The van der Waals surface area contributed by atoms with Gasteiger partial charge in [0, 0.05) is 0 Å². The normalized spacial score (nSPS) is 9.33. The maximum absolute atomic E-state index is 10.0. The monoisotopic (exact) mass is 131 g/mol. The largest absolute Gasteiger partial charge is 0.448 e. The van der Waals surface area contributed by atoms with E-state index in [4.69, 9.17) is 0 Å². The summed E-state index contributed by atoms with van der Waals surface area (Å²) in [5.41, 5.74) is -2.53. The molecule has 6 nitrogen and oxygen atoms in total. The predicted molar refractivity (Wildman–Crippen MR) is 24.1 cm³/mol. The number of rotatable bonds is 0. The predicted octanol–water partition coefficient (Wildman–Crippen LogP) is -1.72. The Balaban J connectivity index is 3.73. The van der Waals surface area contributed by atoms with Crippen molar-refractivity contribution < 1.29 is 8.94 Å². The number of aromatic amines is 1. The lowest BCUT2D eigenvalue weighted by molar-refractivity contribution is 0.262. The number of hydrogen-bond acceptors (Lipinski definition) is 5. The van der Waals surface area contributed by atoms with E-state index in [1.54, 1.807) is 0 Å². The maximum Gasteiger partial charge on any atom is 0.448 e. The number of hydrogen-bond donors (Lipinski definition) is 1. The van der Waals surface area contributed by atoms with E-state index in [1.165, 1.54) is 5.16 Å². The molecule has 0 radical (unpaired) electrons. The summed E-state index contributed by atoms with van der Waals surface area (Å²) in [6.07, 6.45) is 0. The smallest absolute Gasteiger partial charge is 0.365 e. The van der Waals surface area contributed by atoms with Gasteiger partial charge in [-0.2, -0.15) is 0 Å². The standard InChI is InChI=1S/C3HNO5/c5-1-2(6)9-4-3(7)8-1/h(H,4,7). The topological polar surface area (TPSA) is 93.3 Å². The fourth-order valence-electron chi connectivity index (χ4n) is 0.276. The maximum atomic E-state index is 10.0. The molecule has 1 aromatic heterocycles. The van der Waals surface area contributed by atoms with Crippen LogP contribution in [0.1, 0.15) is 0 Å². The number of H-pyrrole nitrogens is 1. The van der Waals surface area contributed by atoms with E-state index in [-0.39, 0.29) is 0 Å². The van der Waals surface area contributed by atoms with Gasteiger partial charge < -0.3 is 8.94 Å². The van der Waals surface area contributed by atoms with Crippen molar-refractivity contribution in [1.29, 1.82) is 0 Å². The minimum Gasteiger partial charge on any atom is -0.365 e. The van der Waals surface area contributed by atoms with E-state index in [0.29, 0.717) is 0 Å². The van der Waals surface area contributed by atoms with Crippen molar-refractivity contribution in [3.63, 3.8) is 0 Å². The molecule has 0 fully saturated rings. The zero-order valence-electron chi connectivity index (χ0n) is 4.04. The van der Waals surface area contributed by atoms with Gasteiger partial charge in [-0.05, 0) is 0 Å². The minimum atomic E-state index is -1.31. The van der Waals surface area contributed by atoms with Crippen LogP contribution in [0.15, 0.2) is 23.3 Å². The van der Waals surface area contributed by atoms with E-state index in [0.717, 1.165) is 0 Å². The van der Waals surface area contributed by atoms with Crippen molar-refractivity contribution >= 4 is 0 Å². The molecule has 0 unspecified atom stereocenters. The van der Waals surface area contributed by atoms with Crippen LogP contribution < -0.4 is 17.0 Å². The second-order valence-electron chi connectivity index (χ2n) is 1.17. The lowest BCUT2D eigenvalue weighted by Crippen LogP contribution is -2.28. The van der Waals surface area contributed by atoms with Crippen LogP contribution in [0.3, 0.4) is 0 Å². The van der Waals surface area contributed by atoms with Gasteiger partial charge in [-0.15, -0.1) is 5.16 Å². The molecule has 0 aliphatic rings. The van der Waals surface area contributed by atoms with E-state index in [1.807, 2.05) is 0 Å². The highest BCUT2D eigenvalue weighted by Gasteiger charge is 1.95. The van der Waals surface area contributed by atoms with Gasteiger partial charge in [0.15, 0.2) is 0 Å². The number of nitrogens with one attached hydrogen (secondary N) is 1. The summed E-state index contributed by atoms with van der Waals surface area (Å²) in [4.78, 5) is 30.1. The molecule has 0 saturated carbocycles. The Morgan fingerprint density at radius 3 is 2.22 bits per heavy atom. The first-order chi connectivity index (χ1) is 4.20. The van der Waals surface area contributed by atoms with Crippen LogP contribution in [-0.2, 0) is 0 Å². The SMILES string of the molecule is O=c1[nH]oc(=O)c(=O)o1. The second kappa shape index (κ2) is 1.73. The third-order valence-electron chi connectivity index (χ3n) is 0.579. The van der Waals surface area contributed by atoms with Crippen molar-refractivity contribution in [2.24, 2.45) is 0 Å². The second-order valence-corrected chi connectivity index (χ2v) is 1.17. The molecule has 0 aromatic carbocycles. The van der Waals surface area contributed by atoms with Gasteiger partial charge in [0.25, 0.3) is 0 Å². The molecule has 0 aliphatic carbocycles. The Morgan fingerprint density at radius 1 is 1.11 bits per heavy atom. The first-order valence-electron chi connectivity index (χ1n) is 1.93. The van der Waals surface area contributed by atoms with Gasteiger partial charge in [0.1, 0.15) is 0 Å². The quantitative estimate of drug-likeness (QED) is 0.422. The average Bonchev–Trinajstić information content (AvgIpc) is 1.80. The summed E-state index contributed by atoms with van der Waals surface area (Å²) < 4.78 is 7.52. The molecule has 48 valence electrons. The van der Waals surface area contributed by atoms with E-state index >= 15 is 0 Å². The van der Waals surface area contributed by atoms with Crippen LogP contribution in [0.4, 0.5) is 0 Å². The molecule has 9 heavy (non-hydrogen) atoms. The van der Waals surface area contributed by atoms with Gasteiger partial charge in [0.2, 0.25) is 0 Å². The van der Waals surface area contributed by atoms with Crippen LogP contribution in [0.5, 0.6) is 0 Å². The Morgan fingerprint density at radius 2 is 1.78 bits per heavy atom. The van der Waals surface area contributed by atoms with Crippen molar-refractivity contribution in [3.05, 3.63) is 31.4 Å². The average molecular weight is 131 g/mol. The third kappa shape index (κ3) is 0.958. The molecule has 0 aliphatic heterocycles. The summed E-state index contributed by atoms with van der Waals surface area (Å²) >= 11 is 0. The van der Waals surface area contributed by atoms with E-state index in [2.05, 4.69) is 8.94 Å². The fourth-order valence-corrected chi connectivity index (χ4v) is 0.276. The molecular formula is C3HNO5. The van der Waals surface area contributed by atoms with E-state index in [9.17, 15) is 14.4 Å². The molecular weight excluding hydrogens is 130 g/mol.